The molecule has 0 saturated heterocycles. The highest BCUT2D eigenvalue weighted by molar-refractivity contribution is 5.97. The lowest BCUT2D eigenvalue weighted by molar-refractivity contribution is 0.0314. The van der Waals surface area contributed by atoms with E-state index in [4.69, 9.17) is 5.11 Å². The maximum absolute atomic E-state index is 12.3. The topological polar surface area (TPSA) is 77.8 Å². The van der Waals surface area contributed by atoms with Gasteiger partial charge in [0.05, 0.1) is 11.2 Å². The van der Waals surface area contributed by atoms with Crippen molar-refractivity contribution in [2.75, 3.05) is 13.1 Å². The molecule has 1 aromatic carbocycles. The van der Waals surface area contributed by atoms with Gasteiger partial charge >= 0.3 is 5.97 Å². The minimum Gasteiger partial charge on any atom is -0.478 e. The summed E-state index contributed by atoms with van der Waals surface area (Å²) in [6.45, 7) is 5.69. The van der Waals surface area contributed by atoms with Crippen molar-refractivity contribution in [2.24, 2.45) is 0 Å². The Morgan fingerprint density at radius 3 is 2.32 bits per heavy atom. The molecule has 0 aromatic heterocycles. The minimum atomic E-state index is -1.07. The number of benzene rings is 1. The number of hydrogen-bond donors (Lipinski definition) is 2. The van der Waals surface area contributed by atoms with E-state index < -0.39 is 11.6 Å². The molecule has 0 aliphatic heterocycles. The SMILES string of the molecule is CCN(CC(C)(C)O)C(=O)c1cccc(C(=O)O)c1. The Morgan fingerprint density at radius 2 is 1.84 bits per heavy atom. The molecule has 2 N–H and O–H groups in total. The fraction of sp³-hybridized carbons (Fsp3) is 0.429. The van der Waals surface area contributed by atoms with Crippen molar-refractivity contribution in [1.29, 1.82) is 0 Å². The third-order valence-electron chi connectivity index (χ3n) is 2.60. The van der Waals surface area contributed by atoms with Crippen LogP contribution >= 0.6 is 0 Å². The molecule has 0 atom stereocenters. The molecule has 0 fully saturated rings. The third kappa shape index (κ3) is 4.37. The number of carbonyl (C=O) groups is 2. The van der Waals surface area contributed by atoms with Gasteiger partial charge in [0, 0.05) is 18.7 Å². The van der Waals surface area contributed by atoms with E-state index in [2.05, 4.69) is 0 Å². The van der Waals surface area contributed by atoms with Crippen LogP contribution in [0.25, 0.3) is 0 Å². The number of carboxylic acid groups (broad SMARTS) is 1. The molecule has 0 bridgehead atoms. The lowest BCUT2D eigenvalue weighted by Gasteiger charge is -2.28. The lowest BCUT2D eigenvalue weighted by Crippen LogP contribution is -2.42. The largest absolute Gasteiger partial charge is 0.478 e. The second kappa shape index (κ2) is 5.84. The first kappa shape index (κ1) is 15.2. The molecule has 1 rings (SSSR count). The number of nitrogens with zero attached hydrogens (tertiary/aromatic N) is 1. The van der Waals surface area contributed by atoms with Crippen LogP contribution in [0.4, 0.5) is 0 Å². The quantitative estimate of drug-likeness (QED) is 0.848. The van der Waals surface area contributed by atoms with Gasteiger partial charge in [0.25, 0.3) is 5.91 Å². The fourth-order valence-electron chi connectivity index (χ4n) is 1.76. The smallest absolute Gasteiger partial charge is 0.335 e. The Labute approximate surface area is 112 Å². The molecule has 19 heavy (non-hydrogen) atoms. The van der Waals surface area contributed by atoms with Crippen molar-refractivity contribution in [3.8, 4) is 0 Å². The van der Waals surface area contributed by atoms with Crippen LogP contribution in [-0.2, 0) is 0 Å². The molecule has 0 aliphatic carbocycles. The summed E-state index contributed by atoms with van der Waals surface area (Å²) in [5.74, 6) is -1.35. The van der Waals surface area contributed by atoms with Gasteiger partial charge in [-0.2, -0.15) is 0 Å². The maximum Gasteiger partial charge on any atom is 0.335 e. The Morgan fingerprint density at radius 1 is 1.26 bits per heavy atom. The first-order valence-electron chi connectivity index (χ1n) is 6.09. The molecule has 5 nitrogen and oxygen atoms in total. The Hall–Kier alpha value is -1.88. The molecule has 0 saturated carbocycles. The molecule has 0 aliphatic rings. The van der Waals surface area contributed by atoms with E-state index in [1.54, 1.807) is 19.9 Å². The van der Waals surface area contributed by atoms with Crippen LogP contribution < -0.4 is 0 Å². The summed E-state index contributed by atoms with van der Waals surface area (Å²) >= 11 is 0. The Kier molecular flexibility index (Phi) is 4.67. The number of aliphatic hydroxyl groups is 1. The fourth-order valence-corrected chi connectivity index (χ4v) is 1.76. The third-order valence-corrected chi connectivity index (χ3v) is 2.60. The van der Waals surface area contributed by atoms with Gasteiger partial charge in [0.15, 0.2) is 0 Å². The normalized spacial score (nSPS) is 11.2. The maximum atomic E-state index is 12.3. The number of hydrogen-bond acceptors (Lipinski definition) is 3. The average molecular weight is 265 g/mol. The highest BCUT2D eigenvalue weighted by Crippen LogP contribution is 2.12. The van der Waals surface area contributed by atoms with Gasteiger partial charge in [0.1, 0.15) is 0 Å². The molecule has 0 spiro atoms. The van der Waals surface area contributed by atoms with Crippen LogP contribution in [0.2, 0.25) is 0 Å². The summed E-state index contributed by atoms with van der Waals surface area (Å²) in [6, 6.07) is 5.89. The van der Waals surface area contributed by atoms with E-state index in [0.29, 0.717) is 12.1 Å². The second-order valence-corrected chi connectivity index (χ2v) is 5.02. The van der Waals surface area contributed by atoms with Crippen molar-refractivity contribution in [1.82, 2.24) is 4.90 Å². The highest BCUT2D eigenvalue weighted by Gasteiger charge is 2.22. The molecular weight excluding hydrogens is 246 g/mol. The first-order chi connectivity index (χ1) is 8.74. The number of aromatic carboxylic acids is 1. The van der Waals surface area contributed by atoms with Crippen LogP contribution in [0.1, 0.15) is 41.5 Å². The summed E-state index contributed by atoms with van der Waals surface area (Å²) in [7, 11) is 0. The minimum absolute atomic E-state index is 0.0742. The van der Waals surface area contributed by atoms with Crippen LogP contribution in [0.3, 0.4) is 0 Å². The van der Waals surface area contributed by atoms with Gasteiger partial charge in [-0.15, -0.1) is 0 Å². The van der Waals surface area contributed by atoms with E-state index in [-0.39, 0.29) is 18.0 Å². The molecule has 0 radical (unpaired) electrons. The monoisotopic (exact) mass is 265 g/mol. The molecule has 0 heterocycles. The molecule has 5 heteroatoms. The zero-order chi connectivity index (χ0) is 14.6. The summed E-state index contributed by atoms with van der Waals surface area (Å²) in [5, 5.41) is 18.7. The van der Waals surface area contributed by atoms with Crippen LogP contribution in [0.15, 0.2) is 24.3 Å². The van der Waals surface area contributed by atoms with Crippen molar-refractivity contribution in [3.05, 3.63) is 35.4 Å². The van der Waals surface area contributed by atoms with Crippen molar-refractivity contribution in [3.63, 3.8) is 0 Å². The first-order valence-corrected chi connectivity index (χ1v) is 6.09. The van der Waals surface area contributed by atoms with Crippen LogP contribution in [-0.4, -0.2) is 45.7 Å². The molecule has 1 aromatic rings. The summed E-state index contributed by atoms with van der Waals surface area (Å²) in [6.07, 6.45) is 0. The highest BCUT2D eigenvalue weighted by atomic mass is 16.4. The van der Waals surface area contributed by atoms with E-state index >= 15 is 0 Å². The van der Waals surface area contributed by atoms with Crippen LogP contribution in [0, 0.1) is 0 Å². The van der Waals surface area contributed by atoms with Crippen molar-refractivity contribution >= 4 is 11.9 Å². The Bertz CT molecular complexity index is 477. The van der Waals surface area contributed by atoms with E-state index in [1.165, 1.54) is 23.1 Å². The number of amides is 1. The van der Waals surface area contributed by atoms with Gasteiger partial charge in [-0.05, 0) is 39.0 Å². The van der Waals surface area contributed by atoms with Crippen LogP contribution in [0.5, 0.6) is 0 Å². The molecular formula is C14H19NO4. The van der Waals surface area contributed by atoms with Gasteiger partial charge in [0.2, 0.25) is 0 Å². The van der Waals surface area contributed by atoms with Crippen molar-refractivity contribution in [2.45, 2.75) is 26.4 Å². The van der Waals surface area contributed by atoms with E-state index in [1.807, 2.05) is 6.92 Å². The molecule has 104 valence electrons. The van der Waals surface area contributed by atoms with Gasteiger partial charge < -0.3 is 15.1 Å². The summed E-state index contributed by atoms with van der Waals surface area (Å²) < 4.78 is 0. The number of likely N-dealkylation sites (N-methyl/N-ethyl adjacent to an activating group) is 1. The van der Waals surface area contributed by atoms with Gasteiger partial charge in [-0.25, -0.2) is 4.79 Å². The number of carboxylic acids is 1. The summed E-state index contributed by atoms with van der Waals surface area (Å²) in [4.78, 5) is 24.6. The van der Waals surface area contributed by atoms with E-state index in [0.717, 1.165) is 0 Å². The number of carbonyl (C=O) groups excluding carboxylic acids is 1. The molecule has 0 unspecified atom stereocenters. The predicted octanol–water partition coefficient (Wildman–Crippen LogP) is 1.62. The zero-order valence-electron chi connectivity index (χ0n) is 11.4. The standard InChI is InChI=1S/C14H19NO4/c1-4-15(9-14(2,3)19)12(16)10-6-5-7-11(8-10)13(17)18/h5-8,19H,4,9H2,1-3H3,(H,17,18). The van der Waals surface area contributed by atoms with Gasteiger partial charge in [-0.1, -0.05) is 6.07 Å². The second-order valence-electron chi connectivity index (χ2n) is 5.02. The average Bonchev–Trinajstić information content (AvgIpc) is 2.34. The van der Waals surface area contributed by atoms with Crippen molar-refractivity contribution < 1.29 is 19.8 Å². The number of rotatable bonds is 5. The zero-order valence-corrected chi connectivity index (χ0v) is 11.4. The van der Waals surface area contributed by atoms with Gasteiger partial charge in [-0.3, -0.25) is 4.79 Å². The lowest BCUT2D eigenvalue weighted by atomic mass is 10.1. The van der Waals surface area contributed by atoms with E-state index in [9.17, 15) is 14.7 Å². The Balaban J connectivity index is 2.97. The summed E-state index contributed by atoms with van der Waals surface area (Å²) in [5.41, 5.74) is -0.605. The predicted molar refractivity (Wildman–Crippen MR) is 71.3 cm³/mol. The molecule has 1 amide bonds.